The lowest BCUT2D eigenvalue weighted by atomic mass is 10.2. The summed E-state index contributed by atoms with van der Waals surface area (Å²) < 4.78 is 5.81. The molecule has 1 amide bonds. The number of phenols is 1. The molecule has 0 aliphatic heterocycles. The van der Waals surface area contributed by atoms with Crippen LogP contribution in [0.25, 0.3) is 11.0 Å². The van der Waals surface area contributed by atoms with E-state index in [0.717, 1.165) is 27.0 Å². The summed E-state index contributed by atoms with van der Waals surface area (Å²) in [6.45, 7) is 3.09. The molecule has 0 radical (unpaired) electrons. The second kappa shape index (κ2) is 11.2. The number of hydrogen-bond acceptors (Lipinski definition) is 4. The molecule has 1 N–H and O–H groups in total. The lowest BCUT2D eigenvalue weighted by molar-refractivity contribution is 0.0977. The number of amidine groups is 1. The molecule has 4 aromatic carbocycles. The van der Waals surface area contributed by atoms with Gasteiger partial charge in [0, 0.05) is 23.4 Å². The fraction of sp³-hybridized carbons (Fsp3) is 0.0968. The molecule has 0 atom stereocenters. The van der Waals surface area contributed by atoms with Gasteiger partial charge in [-0.2, -0.15) is 4.99 Å². The number of aromatic hydroxyl groups is 1. The first kappa shape index (κ1) is 24.4. The fourth-order valence-corrected chi connectivity index (χ4v) is 4.79. The van der Waals surface area contributed by atoms with Gasteiger partial charge in [0.2, 0.25) is 0 Å². The Labute approximate surface area is 220 Å². The number of aryl methyl sites for hydroxylation is 1. The summed E-state index contributed by atoms with van der Waals surface area (Å²) in [5.74, 6) is -0.0246. The van der Waals surface area contributed by atoms with Gasteiger partial charge in [-0.3, -0.25) is 4.79 Å². The van der Waals surface area contributed by atoms with E-state index in [1.165, 1.54) is 11.8 Å². The Bertz CT molecular complexity index is 1490. The van der Waals surface area contributed by atoms with E-state index in [2.05, 4.69) is 22.0 Å². The summed E-state index contributed by atoms with van der Waals surface area (Å²) in [7, 11) is 0. The zero-order chi connectivity index (χ0) is 25.6. The Morgan fingerprint density at radius 2 is 1.49 bits per heavy atom. The predicted molar refractivity (Wildman–Crippen MR) is 149 cm³/mol. The van der Waals surface area contributed by atoms with E-state index in [-0.39, 0.29) is 11.5 Å². The van der Waals surface area contributed by atoms with Crippen LogP contribution in [0.2, 0.25) is 0 Å². The van der Waals surface area contributed by atoms with Crippen LogP contribution in [0.3, 0.4) is 0 Å². The standard InChI is InChI=1S/C31H26N2O3S/c1-22-11-17-27(18-12-22)37-31(32-30(35)29-19-25-9-5-6-10-28(25)36-29)33(20-23-7-3-2-4-8-23)21-24-13-15-26(34)16-14-24/h2-19,34H,20-21H2,1H3. The average molecular weight is 507 g/mol. The number of carbonyl (C=O) groups excluding carboxylic acids is 1. The Morgan fingerprint density at radius 1 is 0.838 bits per heavy atom. The van der Waals surface area contributed by atoms with Crippen molar-refractivity contribution in [2.24, 2.45) is 4.99 Å². The smallest absolute Gasteiger partial charge is 0.315 e. The van der Waals surface area contributed by atoms with Crippen LogP contribution in [0.15, 0.2) is 123 Å². The van der Waals surface area contributed by atoms with Crippen molar-refractivity contribution in [3.8, 4) is 5.75 Å². The van der Waals surface area contributed by atoms with E-state index < -0.39 is 5.91 Å². The first-order valence-corrected chi connectivity index (χ1v) is 12.8. The average Bonchev–Trinajstić information content (AvgIpc) is 3.36. The monoisotopic (exact) mass is 506 g/mol. The number of hydrogen-bond donors (Lipinski definition) is 1. The number of nitrogens with zero attached hydrogens (tertiary/aromatic N) is 2. The number of fused-ring (bicyclic) bond motifs is 1. The van der Waals surface area contributed by atoms with Crippen molar-refractivity contribution in [3.63, 3.8) is 0 Å². The summed E-state index contributed by atoms with van der Waals surface area (Å²) in [4.78, 5) is 21.0. The van der Waals surface area contributed by atoms with Crippen LogP contribution in [0.4, 0.5) is 0 Å². The molecule has 37 heavy (non-hydrogen) atoms. The van der Waals surface area contributed by atoms with Crippen molar-refractivity contribution in [1.82, 2.24) is 4.90 Å². The lowest BCUT2D eigenvalue weighted by Crippen LogP contribution is -2.29. The highest BCUT2D eigenvalue weighted by molar-refractivity contribution is 8.13. The number of furan rings is 1. The molecule has 1 heterocycles. The number of phenolic OH excluding ortho intramolecular Hbond substituents is 1. The zero-order valence-electron chi connectivity index (χ0n) is 20.4. The first-order valence-electron chi connectivity index (χ1n) is 12.0. The molecule has 184 valence electrons. The molecule has 0 saturated heterocycles. The van der Waals surface area contributed by atoms with Crippen LogP contribution in [0, 0.1) is 6.92 Å². The highest BCUT2D eigenvalue weighted by Gasteiger charge is 2.19. The minimum Gasteiger partial charge on any atom is -0.508 e. The van der Waals surface area contributed by atoms with Crippen LogP contribution in [0.5, 0.6) is 5.75 Å². The Kier molecular flexibility index (Phi) is 7.38. The van der Waals surface area contributed by atoms with Gasteiger partial charge in [0.15, 0.2) is 10.9 Å². The lowest BCUT2D eigenvalue weighted by Gasteiger charge is -2.26. The summed E-state index contributed by atoms with van der Waals surface area (Å²) in [6, 6.07) is 34.6. The topological polar surface area (TPSA) is 66.0 Å². The molecular weight excluding hydrogens is 480 g/mol. The molecule has 0 aliphatic rings. The van der Waals surface area contributed by atoms with Gasteiger partial charge in [-0.1, -0.05) is 90.1 Å². The van der Waals surface area contributed by atoms with Crippen molar-refractivity contribution in [3.05, 3.63) is 132 Å². The molecule has 0 bridgehead atoms. The molecule has 5 aromatic rings. The quantitative estimate of drug-likeness (QED) is 0.147. The number of carbonyl (C=O) groups is 1. The van der Waals surface area contributed by atoms with Crippen LogP contribution in [-0.4, -0.2) is 21.1 Å². The molecule has 0 unspecified atom stereocenters. The summed E-state index contributed by atoms with van der Waals surface area (Å²) in [6.07, 6.45) is 0. The summed E-state index contributed by atoms with van der Waals surface area (Å²) in [5, 5.41) is 11.2. The molecule has 0 aliphatic carbocycles. The van der Waals surface area contributed by atoms with Gasteiger partial charge in [-0.15, -0.1) is 0 Å². The predicted octanol–water partition coefficient (Wildman–Crippen LogP) is 7.44. The number of para-hydroxylation sites is 1. The molecule has 5 nitrogen and oxygen atoms in total. The van der Waals surface area contributed by atoms with Gasteiger partial charge in [0.25, 0.3) is 0 Å². The van der Waals surface area contributed by atoms with Gasteiger partial charge in [0.1, 0.15) is 11.3 Å². The highest BCUT2D eigenvalue weighted by atomic mass is 32.2. The molecule has 1 aromatic heterocycles. The van der Waals surface area contributed by atoms with Crippen molar-refractivity contribution in [2.75, 3.05) is 0 Å². The van der Waals surface area contributed by atoms with Crippen LogP contribution in [-0.2, 0) is 13.1 Å². The number of aliphatic imine (C=N–C) groups is 1. The van der Waals surface area contributed by atoms with E-state index in [9.17, 15) is 9.90 Å². The second-order valence-corrected chi connectivity index (χ2v) is 9.81. The molecule has 6 heteroatoms. The number of benzene rings is 4. The number of amides is 1. The Balaban J connectivity index is 1.54. The van der Waals surface area contributed by atoms with E-state index in [1.54, 1.807) is 18.2 Å². The van der Waals surface area contributed by atoms with Gasteiger partial charge >= 0.3 is 5.91 Å². The maximum Gasteiger partial charge on any atom is 0.315 e. The third kappa shape index (κ3) is 6.29. The van der Waals surface area contributed by atoms with E-state index in [4.69, 9.17) is 4.42 Å². The summed E-state index contributed by atoms with van der Waals surface area (Å²) in [5.41, 5.74) is 3.89. The molecule has 0 fully saturated rings. The van der Waals surface area contributed by atoms with Crippen LogP contribution < -0.4 is 0 Å². The number of rotatable bonds is 6. The third-order valence-electron chi connectivity index (χ3n) is 5.86. The molecule has 5 rings (SSSR count). The minimum absolute atomic E-state index is 0.201. The highest BCUT2D eigenvalue weighted by Crippen LogP contribution is 2.27. The van der Waals surface area contributed by atoms with Crippen molar-refractivity contribution in [1.29, 1.82) is 0 Å². The third-order valence-corrected chi connectivity index (χ3v) is 6.90. The van der Waals surface area contributed by atoms with E-state index >= 15 is 0 Å². The minimum atomic E-state index is -0.436. The largest absolute Gasteiger partial charge is 0.508 e. The van der Waals surface area contributed by atoms with Crippen molar-refractivity contribution in [2.45, 2.75) is 24.9 Å². The van der Waals surface area contributed by atoms with Gasteiger partial charge in [0.05, 0.1) is 0 Å². The number of thioether (sulfide) groups is 1. The molecule has 0 spiro atoms. The maximum atomic E-state index is 13.4. The molecular formula is C31H26N2O3S. The van der Waals surface area contributed by atoms with Gasteiger partial charge < -0.3 is 14.4 Å². The SMILES string of the molecule is Cc1ccc(SC(=NC(=O)c2cc3ccccc3o2)N(Cc2ccccc2)Cc2ccc(O)cc2)cc1. The van der Waals surface area contributed by atoms with Crippen molar-refractivity contribution < 1.29 is 14.3 Å². The van der Waals surface area contributed by atoms with Gasteiger partial charge in [-0.25, -0.2) is 0 Å². The van der Waals surface area contributed by atoms with Crippen molar-refractivity contribution >= 4 is 33.8 Å². The zero-order valence-corrected chi connectivity index (χ0v) is 21.2. The fourth-order valence-electron chi connectivity index (χ4n) is 3.92. The molecule has 0 saturated carbocycles. The maximum absolute atomic E-state index is 13.4. The van der Waals surface area contributed by atoms with Crippen LogP contribution in [0.1, 0.15) is 27.2 Å². The van der Waals surface area contributed by atoms with Crippen LogP contribution >= 0.6 is 11.8 Å². The van der Waals surface area contributed by atoms with E-state index in [1.807, 2.05) is 85.8 Å². The normalized spacial score (nSPS) is 11.5. The second-order valence-electron chi connectivity index (χ2n) is 8.77. The van der Waals surface area contributed by atoms with Gasteiger partial charge in [-0.05, 0) is 54.4 Å². The summed E-state index contributed by atoms with van der Waals surface area (Å²) >= 11 is 1.44. The Morgan fingerprint density at radius 3 is 2.19 bits per heavy atom. The Hall–Kier alpha value is -4.29. The van der Waals surface area contributed by atoms with E-state index in [0.29, 0.717) is 23.8 Å². The first-order chi connectivity index (χ1) is 18.0.